The largest absolute Gasteiger partial charge is 0.506 e. The van der Waals surface area contributed by atoms with E-state index in [9.17, 15) is 29.1 Å². The lowest BCUT2D eigenvalue weighted by Gasteiger charge is -2.35. The van der Waals surface area contributed by atoms with Gasteiger partial charge in [0.2, 0.25) is 0 Å². The minimum atomic E-state index is -0.674. The number of phenolic OH excluding ortho intramolecular Hbond substituents is 1. The van der Waals surface area contributed by atoms with Crippen molar-refractivity contribution >= 4 is 61.5 Å². The first-order valence-electron chi connectivity index (χ1n) is 18.2. The van der Waals surface area contributed by atoms with E-state index in [1.807, 2.05) is 81.4 Å². The first-order valence-corrected chi connectivity index (χ1v) is 19.7. The number of amides is 4. The first-order chi connectivity index (χ1) is 26.2. The maximum Gasteiger partial charge on any atom is 0.308 e. The molecule has 0 aliphatic carbocycles. The summed E-state index contributed by atoms with van der Waals surface area (Å²) >= 11 is 6.57. The van der Waals surface area contributed by atoms with Crippen molar-refractivity contribution < 1.29 is 33.8 Å². The van der Waals surface area contributed by atoms with Crippen molar-refractivity contribution in [3.05, 3.63) is 125 Å². The van der Waals surface area contributed by atoms with Crippen LogP contribution in [0.25, 0.3) is 0 Å². The molecule has 0 unspecified atom stereocenters. The number of ether oxygens (including phenoxy) is 1. The highest BCUT2D eigenvalue weighted by Crippen LogP contribution is 2.32. The Balaban J connectivity index is 0.000000307. The Kier molecular flexibility index (Phi) is 15.1. The average molecular weight is 909 g/mol. The van der Waals surface area contributed by atoms with Gasteiger partial charge in [0.25, 0.3) is 23.6 Å². The van der Waals surface area contributed by atoms with Gasteiger partial charge in [-0.3, -0.25) is 34.8 Å². The van der Waals surface area contributed by atoms with Gasteiger partial charge < -0.3 is 9.84 Å². The Labute approximate surface area is 352 Å². The molecule has 11 nitrogen and oxygen atoms in total. The van der Waals surface area contributed by atoms with Crippen LogP contribution in [-0.4, -0.2) is 55.8 Å². The molecule has 304 valence electrons. The van der Waals surface area contributed by atoms with Gasteiger partial charge in [0, 0.05) is 40.3 Å². The van der Waals surface area contributed by atoms with E-state index in [0.29, 0.717) is 42.3 Å². The van der Waals surface area contributed by atoms with E-state index in [2.05, 4.69) is 42.7 Å². The number of halogens is 2. The maximum absolute atomic E-state index is 13.2. The fraction of sp³-hybridized carbons (Fsp3) is 0.341. The lowest BCUT2D eigenvalue weighted by Crippen LogP contribution is -2.56. The van der Waals surface area contributed by atoms with Gasteiger partial charge in [-0.2, -0.15) is 0 Å². The Morgan fingerprint density at radius 3 is 1.28 bits per heavy atom. The summed E-state index contributed by atoms with van der Waals surface area (Å²) in [7, 11) is 0. The van der Waals surface area contributed by atoms with Gasteiger partial charge in [0.15, 0.2) is 0 Å². The van der Waals surface area contributed by atoms with Crippen LogP contribution in [0.3, 0.4) is 0 Å². The molecule has 0 aliphatic rings. The van der Waals surface area contributed by atoms with Crippen LogP contribution in [0.4, 0.5) is 0 Å². The van der Waals surface area contributed by atoms with Gasteiger partial charge in [-0.05, 0) is 163 Å². The van der Waals surface area contributed by atoms with Crippen molar-refractivity contribution in [1.82, 2.24) is 20.9 Å². The molecule has 4 amide bonds. The van der Waals surface area contributed by atoms with Crippen molar-refractivity contribution in [2.45, 2.75) is 101 Å². The molecule has 13 heteroatoms. The van der Waals surface area contributed by atoms with Crippen molar-refractivity contribution in [3.8, 4) is 11.5 Å². The van der Waals surface area contributed by atoms with Gasteiger partial charge >= 0.3 is 5.97 Å². The second-order valence-corrected chi connectivity index (χ2v) is 17.7. The van der Waals surface area contributed by atoms with E-state index in [1.165, 1.54) is 16.9 Å². The van der Waals surface area contributed by atoms with E-state index in [0.717, 1.165) is 22.3 Å². The molecule has 4 rings (SSSR count). The second-order valence-electron chi connectivity index (χ2n) is 16.0. The van der Waals surface area contributed by atoms with Crippen LogP contribution in [-0.2, 0) is 4.79 Å². The molecule has 0 atom stereocenters. The summed E-state index contributed by atoms with van der Waals surface area (Å²) in [5.74, 6) is -1.73. The molecule has 0 saturated heterocycles. The standard InChI is InChI=1S/C23H27BrN2O4.C21H25BrN2O3/c1-13-10-14(2)12-17(11-13)22(29)26(23(5,6)7)25-21(28)18-8-9-19(24)20(15(18)3)30-16(4)27;1-12-9-13(2)11-15(10-12)20(27)24(21(4,5)6)23-19(26)16-7-8-17(22)18(25)14(16)3/h8-12H,1-7H3,(H,25,28);7-11,25H,1-6H3,(H,23,26). The summed E-state index contributed by atoms with van der Waals surface area (Å²) in [5.41, 5.74) is 10.6. The molecule has 3 N–H and O–H groups in total. The van der Waals surface area contributed by atoms with Crippen LogP contribution in [0.2, 0.25) is 0 Å². The SMILES string of the molecule is CC(=O)Oc1c(Br)ccc(C(=O)NN(C(=O)c2cc(C)cc(C)c2)C(C)(C)C)c1C.Cc1cc(C)cc(C(=O)N(NC(=O)c2ccc(Br)c(O)c2C)C(C)(C)C)c1. The predicted octanol–water partition coefficient (Wildman–Crippen LogP) is 9.55. The minimum absolute atomic E-state index is 0.00518. The number of rotatable bonds is 5. The van der Waals surface area contributed by atoms with Crippen LogP contribution in [0, 0.1) is 41.5 Å². The number of aromatic hydroxyl groups is 1. The number of esters is 1. The van der Waals surface area contributed by atoms with Crippen LogP contribution in [0.5, 0.6) is 11.5 Å². The van der Waals surface area contributed by atoms with Crippen LogP contribution in [0.1, 0.15) is 123 Å². The summed E-state index contributed by atoms with van der Waals surface area (Å²) < 4.78 is 6.31. The summed E-state index contributed by atoms with van der Waals surface area (Å²) in [6.45, 7) is 23.4. The van der Waals surface area contributed by atoms with Gasteiger partial charge in [0.1, 0.15) is 11.5 Å². The monoisotopic (exact) mass is 906 g/mol. The van der Waals surface area contributed by atoms with E-state index >= 15 is 0 Å². The number of hydrazine groups is 2. The highest BCUT2D eigenvalue weighted by atomic mass is 79.9. The molecule has 0 aliphatic heterocycles. The third-order valence-electron chi connectivity index (χ3n) is 8.59. The molecule has 0 fully saturated rings. The lowest BCUT2D eigenvalue weighted by molar-refractivity contribution is -0.132. The molecule has 0 spiro atoms. The number of hydrogen-bond donors (Lipinski definition) is 3. The van der Waals surface area contributed by atoms with E-state index in [-0.39, 0.29) is 23.3 Å². The normalized spacial score (nSPS) is 11.1. The highest BCUT2D eigenvalue weighted by molar-refractivity contribution is 9.11. The Morgan fingerprint density at radius 2 is 0.930 bits per heavy atom. The first kappa shape index (κ1) is 46.4. The number of nitrogens with zero attached hydrogens (tertiary/aromatic N) is 2. The Morgan fingerprint density at radius 1 is 0.579 bits per heavy atom. The van der Waals surface area contributed by atoms with Crippen molar-refractivity contribution in [3.63, 3.8) is 0 Å². The number of carbonyl (C=O) groups excluding carboxylic acids is 5. The molecule has 0 heterocycles. The Hall–Kier alpha value is -5.01. The van der Waals surface area contributed by atoms with Crippen molar-refractivity contribution in [2.24, 2.45) is 0 Å². The molecular formula is C44H52Br2N4O7. The summed E-state index contributed by atoms with van der Waals surface area (Å²) in [6.07, 6.45) is 0. The molecule has 4 aromatic carbocycles. The zero-order chi connectivity index (χ0) is 43.3. The van der Waals surface area contributed by atoms with Gasteiger partial charge in [-0.25, -0.2) is 10.0 Å². The number of carbonyl (C=O) groups is 5. The van der Waals surface area contributed by atoms with Crippen LogP contribution >= 0.6 is 31.9 Å². The Bertz CT molecular complexity index is 2180. The van der Waals surface area contributed by atoms with Crippen molar-refractivity contribution in [2.75, 3.05) is 0 Å². The third-order valence-corrected chi connectivity index (χ3v) is 9.85. The topological polar surface area (TPSA) is 145 Å². The molecule has 0 radical (unpaired) electrons. The smallest absolute Gasteiger partial charge is 0.308 e. The van der Waals surface area contributed by atoms with Crippen molar-refractivity contribution in [1.29, 1.82) is 0 Å². The molecule has 4 aromatic rings. The van der Waals surface area contributed by atoms with E-state index in [1.54, 1.807) is 62.4 Å². The van der Waals surface area contributed by atoms with Gasteiger partial charge in [0.05, 0.1) is 20.0 Å². The zero-order valence-corrected chi connectivity index (χ0v) is 38.0. The molecular weight excluding hydrogens is 856 g/mol. The number of hydrogen-bond acceptors (Lipinski definition) is 7. The number of nitrogens with one attached hydrogen (secondary N) is 2. The van der Waals surface area contributed by atoms with Crippen LogP contribution < -0.4 is 15.6 Å². The fourth-order valence-electron chi connectivity index (χ4n) is 5.91. The number of aryl methyl sites for hydroxylation is 4. The lowest BCUT2D eigenvalue weighted by atomic mass is 10.0. The molecule has 57 heavy (non-hydrogen) atoms. The maximum atomic E-state index is 13.2. The minimum Gasteiger partial charge on any atom is -0.506 e. The summed E-state index contributed by atoms with van der Waals surface area (Å²) in [4.78, 5) is 63.7. The predicted molar refractivity (Wildman–Crippen MR) is 229 cm³/mol. The second kappa shape index (κ2) is 18.5. The average Bonchev–Trinajstić information content (AvgIpc) is 3.08. The fourth-order valence-corrected chi connectivity index (χ4v) is 6.85. The molecule has 0 bridgehead atoms. The molecule has 0 aromatic heterocycles. The quantitative estimate of drug-likeness (QED) is 0.103. The zero-order valence-electron chi connectivity index (χ0n) is 34.8. The van der Waals surface area contributed by atoms with E-state index in [4.69, 9.17) is 4.74 Å². The molecule has 0 saturated carbocycles. The highest BCUT2D eigenvalue weighted by Gasteiger charge is 2.32. The van der Waals surface area contributed by atoms with Gasteiger partial charge in [-0.1, -0.05) is 34.4 Å². The van der Waals surface area contributed by atoms with Crippen LogP contribution in [0.15, 0.2) is 69.6 Å². The summed E-state index contributed by atoms with van der Waals surface area (Å²) in [5, 5.41) is 12.7. The van der Waals surface area contributed by atoms with E-state index < -0.39 is 28.9 Å². The third kappa shape index (κ3) is 12.0. The summed E-state index contributed by atoms with van der Waals surface area (Å²) in [6, 6.07) is 17.6. The number of phenols is 1. The number of benzene rings is 4. The van der Waals surface area contributed by atoms with Gasteiger partial charge in [-0.15, -0.1) is 0 Å².